The second-order valence-corrected chi connectivity index (χ2v) is 9.71. The predicted octanol–water partition coefficient (Wildman–Crippen LogP) is 3.06. The Labute approximate surface area is 212 Å². The number of hydrogen-bond donors (Lipinski definition) is 2. The first-order valence-corrected chi connectivity index (χ1v) is 13.2. The third-order valence-corrected chi connectivity index (χ3v) is 7.09. The zero-order valence-electron chi connectivity index (χ0n) is 19.5. The van der Waals surface area contributed by atoms with E-state index in [0.29, 0.717) is 10.4 Å². The Morgan fingerprint density at radius 1 is 0.972 bits per heavy atom. The van der Waals surface area contributed by atoms with Crippen molar-refractivity contribution in [3.63, 3.8) is 0 Å². The van der Waals surface area contributed by atoms with Gasteiger partial charge < -0.3 is 15.2 Å². The first-order valence-electron chi connectivity index (χ1n) is 10.7. The van der Waals surface area contributed by atoms with Crippen molar-refractivity contribution in [2.75, 3.05) is 18.9 Å². The largest absolute Gasteiger partial charge is 0.462 e. The van der Waals surface area contributed by atoms with E-state index in [-0.39, 0.29) is 29.4 Å². The zero-order chi connectivity index (χ0) is 26.3. The number of ether oxygens (including phenoxy) is 2. The normalized spacial score (nSPS) is 11.1. The third-order valence-electron chi connectivity index (χ3n) is 4.67. The van der Waals surface area contributed by atoms with Gasteiger partial charge in [0.15, 0.2) is 0 Å². The smallest absolute Gasteiger partial charge is 0.357 e. The van der Waals surface area contributed by atoms with Crippen molar-refractivity contribution >= 4 is 45.6 Å². The number of sulfonamides is 1. The van der Waals surface area contributed by atoms with E-state index < -0.39 is 38.7 Å². The first kappa shape index (κ1) is 26.8. The average molecular weight is 533 g/mol. The predicted molar refractivity (Wildman–Crippen MR) is 132 cm³/mol. The monoisotopic (exact) mass is 532 g/mol. The molecule has 190 valence electrons. The van der Waals surface area contributed by atoms with Crippen LogP contribution in [0.2, 0.25) is 0 Å². The van der Waals surface area contributed by atoms with Crippen LogP contribution in [0.4, 0.5) is 10.6 Å². The Kier molecular flexibility index (Phi) is 8.72. The van der Waals surface area contributed by atoms with Crippen LogP contribution in [0, 0.1) is 0 Å². The Bertz CT molecular complexity index is 1370. The zero-order valence-corrected chi connectivity index (χ0v) is 21.1. The van der Waals surface area contributed by atoms with Gasteiger partial charge in [-0.05, 0) is 31.5 Å². The molecule has 1 heterocycles. The van der Waals surface area contributed by atoms with Crippen molar-refractivity contribution in [1.29, 1.82) is 0 Å². The minimum Gasteiger partial charge on any atom is -0.462 e. The molecule has 3 aromatic rings. The standard InChI is InChI=1S/C23H24N4O7S2/c1-3-33-21(28)16-12-8-9-13-17(16)36(31,32)26-23(30)27-19(24)18(22(29)34-4-2)20(25-27)35-14-15-10-6-5-7-11-15/h5-13H,3-4,14,24H2,1-2H3,(H,26,30). The van der Waals surface area contributed by atoms with Crippen molar-refractivity contribution in [2.24, 2.45) is 0 Å². The van der Waals surface area contributed by atoms with E-state index in [2.05, 4.69) is 5.10 Å². The molecule has 0 radical (unpaired) electrons. The summed E-state index contributed by atoms with van der Waals surface area (Å²) >= 11 is 1.13. The number of carbonyl (C=O) groups is 3. The van der Waals surface area contributed by atoms with Gasteiger partial charge in [0, 0.05) is 5.75 Å². The average Bonchev–Trinajstić information content (AvgIpc) is 3.19. The molecule has 0 saturated heterocycles. The lowest BCUT2D eigenvalue weighted by Crippen LogP contribution is -2.36. The van der Waals surface area contributed by atoms with Gasteiger partial charge in [-0.2, -0.15) is 9.78 Å². The molecule has 3 N–H and O–H groups in total. The molecule has 13 heteroatoms. The van der Waals surface area contributed by atoms with Crippen LogP contribution in [-0.2, 0) is 25.2 Å². The van der Waals surface area contributed by atoms with Crippen LogP contribution in [0.1, 0.15) is 40.1 Å². The number of anilines is 1. The summed E-state index contributed by atoms with van der Waals surface area (Å²) in [4.78, 5) is 37.2. The van der Waals surface area contributed by atoms with Crippen molar-refractivity contribution in [3.8, 4) is 0 Å². The van der Waals surface area contributed by atoms with Crippen LogP contribution >= 0.6 is 11.8 Å². The summed E-state index contributed by atoms with van der Waals surface area (Å²) in [6.45, 7) is 3.27. The molecular formula is C23H24N4O7S2. The molecule has 0 fully saturated rings. The van der Waals surface area contributed by atoms with E-state index in [9.17, 15) is 22.8 Å². The quantitative estimate of drug-likeness (QED) is 0.310. The van der Waals surface area contributed by atoms with Crippen LogP contribution in [-0.4, -0.2) is 49.4 Å². The lowest BCUT2D eigenvalue weighted by atomic mass is 10.2. The number of benzene rings is 2. The van der Waals surface area contributed by atoms with E-state index >= 15 is 0 Å². The van der Waals surface area contributed by atoms with Gasteiger partial charge in [0.2, 0.25) is 0 Å². The summed E-state index contributed by atoms with van der Waals surface area (Å²) in [6, 6.07) is 13.3. The maximum atomic E-state index is 13.0. The topological polar surface area (TPSA) is 160 Å². The highest BCUT2D eigenvalue weighted by Gasteiger charge is 2.30. The summed E-state index contributed by atoms with van der Waals surface area (Å²) in [5, 5.41) is 4.17. The number of nitrogen functional groups attached to an aromatic ring is 1. The van der Waals surface area contributed by atoms with Gasteiger partial charge in [-0.1, -0.05) is 54.2 Å². The van der Waals surface area contributed by atoms with Gasteiger partial charge in [0.1, 0.15) is 21.3 Å². The van der Waals surface area contributed by atoms with Crippen LogP contribution in [0.15, 0.2) is 64.5 Å². The molecule has 11 nitrogen and oxygen atoms in total. The number of thioether (sulfide) groups is 1. The fraction of sp³-hybridized carbons (Fsp3) is 0.217. The summed E-state index contributed by atoms with van der Waals surface area (Å²) in [5.41, 5.74) is 6.56. The van der Waals surface area contributed by atoms with Gasteiger partial charge in [0.25, 0.3) is 10.0 Å². The Hall–Kier alpha value is -3.84. The molecule has 0 spiro atoms. The summed E-state index contributed by atoms with van der Waals surface area (Å²) in [5.74, 6) is -1.67. The van der Waals surface area contributed by atoms with E-state index in [0.717, 1.165) is 23.4 Å². The minimum atomic E-state index is -4.55. The summed E-state index contributed by atoms with van der Waals surface area (Å²) in [7, 11) is -4.55. The van der Waals surface area contributed by atoms with Crippen molar-refractivity contribution in [3.05, 3.63) is 71.3 Å². The lowest BCUT2D eigenvalue weighted by Gasteiger charge is -2.11. The van der Waals surface area contributed by atoms with Gasteiger partial charge in [-0.25, -0.2) is 27.5 Å². The number of aromatic nitrogens is 2. The summed E-state index contributed by atoms with van der Waals surface area (Å²) < 4.78 is 38.3. The number of nitrogens with two attached hydrogens (primary N) is 1. The molecule has 0 bridgehead atoms. The molecule has 0 aliphatic heterocycles. The molecule has 0 atom stereocenters. The molecule has 0 aliphatic carbocycles. The van der Waals surface area contributed by atoms with Gasteiger partial charge in [-0.3, -0.25) is 0 Å². The van der Waals surface area contributed by atoms with Crippen LogP contribution in [0.3, 0.4) is 0 Å². The maximum absolute atomic E-state index is 13.0. The third kappa shape index (κ3) is 6.04. The van der Waals surface area contributed by atoms with Crippen molar-refractivity contribution in [2.45, 2.75) is 29.5 Å². The number of rotatable bonds is 9. The number of amides is 1. The second kappa shape index (κ2) is 11.7. The molecule has 1 aromatic heterocycles. The van der Waals surface area contributed by atoms with E-state index in [1.54, 1.807) is 13.8 Å². The SMILES string of the molecule is CCOC(=O)c1ccccc1S(=O)(=O)NC(=O)n1nc(SCc2ccccc2)c(C(=O)OCC)c1N. The minimum absolute atomic E-state index is 0.0312. The number of esters is 2. The highest BCUT2D eigenvalue weighted by atomic mass is 32.2. The van der Waals surface area contributed by atoms with Gasteiger partial charge in [0.05, 0.1) is 18.8 Å². The molecule has 2 aromatic carbocycles. The number of nitrogens with one attached hydrogen (secondary N) is 1. The van der Waals surface area contributed by atoms with E-state index in [4.69, 9.17) is 15.2 Å². The summed E-state index contributed by atoms with van der Waals surface area (Å²) in [6.07, 6.45) is 0. The Morgan fingerprint density at radius 3 is 2.25 bits per heavy atom. The van der Waals surface area contributed by atoms with Crippen molar-refractivity contribution in [1.82, 2.24) is 14.5 Å². The fourth-order valence-corrected chi connectivity index (χ4v) is 5.17. The van der Waals surface area contributed by atoms with Crippen LogP contribution in [0.25, 0.3) is 0 Å². The first-order chi connectivity index (χ1) is 17.2. The Balaban J connectivity index is 1.93. The van der Waals surface area contributed by atoms with Crippen molar-refractivity contribution < 1.29 is 32.3 Å². The lowest BCUT2D eigenvalue weighted by molar-refractivity contribution is 0.0513. The highest BCUT2D eigenvalue weighted by molar-refractivity contribution is 7.98. The highest BCUT2D eigenvalue weighted by Crippen LogP contribution is 2.30. The molecular weight excluding hydrogens is 508 g/mol. The van der Waals surface area contributed by atoms with Crippen LogP contribution < -0.4 is 10.5 Å². The molecule has 3 rings (SSSR count). The second-order valence-electron chi connectivity index (χ2n) is 7.10. The molecule has 0 aliphatic rings. The number of hydrogen-bond acceptors (Lipinski definition) is 10. The maximum Gasteiger partial charge on any atom is 0.357 e. The fourth-order valence-electron chi connectivity index (χ4n) is 3.08. The number of nitrogens with zero attached hydrogens (tertiary/aromatic N) is 2. The van der Waals surface area contributed by atoms with E-state index in [1.807, 2.05) is 35.1 Å². The van der Waals surface area contributed by atoms with E-state index in [1.165, 1.54) is 18.2 Å². The van der Waals surface area contributed by atoms with Gasteiger partial charge in [-0.15, -0.1) is 0 Å². The number of carbonyl (C=O) groups excluding carboxylic acids is 3. The molecule has 36 heavy (non-hydrogen) atoms. The van der Waals surface area contributed by atoms with Crippen LogP contribution in [0.5, 0.6) is 0 Å². The van der Waals surface area contributed by atoms with Gasteiger partial charge >= 0.3 is 18.0 Å². The molecule has 1 amide bonds. The molecule has 0 saturated carbocycles. The Morgan fingerprint density at radius 2 is 1.58 bits per heavy atom. The molecule has 0 unspecified atom stereocenters.